The van der Waals surface area contributed by atoms with Crippen molar-refractivity contribution in [2.24, 2.45) is 0 Å². The molecule has 17 heavy (non-hydrogen) atoms. The number of anilines is 1. The number of nitrogens with one attached hydrogen (secondary N) is 1. The van der Waals surface area contributed by atoms with Gasteiger partial charge in [0, 0.05) is 19.2 Å². The van der Waals surface area contributed by atoms with Crippen LogP contribution in [-0.4, -0.2) is 18.8 Å². The number of benzene rings is 1. The smallest absolute Gasteiger partial charge is 0.0635 e. The third-order valence-corrected chi connectivity index (χ3v) is 3.50. The minimum absolute atomic E-state index is 0.452. The van der Waals surface area contributed by atoms with Crippen LogP contribution in [0.4, 0.5) is 5.69 Å². The van der Waals surface area contributed by atoms with Crippen LogP contribution in [0.15, 0.2) is 18.2 Å². The first-order chi connectivity index (χ1) is 8.19. The molecule has 0 aliphatic heterocycles. The summed E-state index contributed by atoms with van der Waals surface area (Å²) in [5, 5.41) is 4.11. The highest BCUT2D eigenvalue weighted by Gasteiger charge is 2.28. The van der Waals surface area contributed by atoms with Crippen molar-refractivity contribution in [1.82, 2.24) is 5.32 Å². The van der Waals surface area contributed by atoms with Crippen molar-refractivity contribution >= 4 is 17.3 Å². The Morgan fingerprint density at radius 1 is 1.47 bits per heavy atom. The molecule has 0 saturated heterocycles. The van der Waals surface area contributed by atoms with Crippen molar-refractivity contribution in [3.05, 3.63) is 28.8 Å². The van der Waals surface area contributed by atoms with E-state index in [1.54, 1.807) is 0 Å². The van der Waals surface area contributed by atoms with Crippen LogP contribution in [0.2, 0.25) is 5.02 Å². The first-order valence-electron chi connectivity index (χ1n) is 6.08. The molecule has 0 aromatic heterocycles. The van der Waals surface area contributed by atoms with Crippen molar-refractivity contribution in [2.45, 2.75) is 38.5 Å². The second-order valence-electron chi connectivity index (χ2n) is 4.48. The molecule has 0 radical (unpaired) electrons. The van der Waals surface area contributed by atoms with E-state index in [1.165, 1.54) is 5.56 Å². The monoisotopic (exact) mass is 254 g/mol. The van der Waals surface area contributed by atoms with E-state index in [-0.39, 0.29) is 0 Å². The molecule has 1 aromatic carbocycles. The molecule has 1 aliphatic carbocycles. The minimum atomic E-state index is 0.452. The van der Waals surface area contributed by atoms with Crippen molar-refractivity contribution in [3.63, 3.8) is 0 Å². The molecule has 2 rings (SSSR count). The Morgan fingerprint density at radius 2 is 2.24 bits per heavy atom. The van der Waals surface area contributed by atoms with Crippen molar-refractivity contribution in [2.75, 3.05) is 12.3 Å². The molecule has 1 aromatic rings. The molecule has 0 atom stereocenters. The largest absolute Gasteiger partial charge is 0.398 e. The Labute approximate surface area is 107 Å². The van der Waals surface area contributed by atoms with Gasteiger partial charge < -0.3 is 15.8 Å². The van der Waals surface area contributed by atoms with E-state index in [0.29, 0.717) is 22.9 Å². The highest BCUT2D eigenvalue weighted by atomic mass is 35.5. The van der Waals surface area contributed by atoms with Gasteiger partial charge in [-0.1, -0.05) is 17.7 Å². The second kappa shape index (κ2) is 5.71. The zero-order valence-electron chi connectivity index (χ0n) is 10.1. The van der Waals surface area contributed by atoms with E-state index in [1.807, 2.05) is 25.1 Å². The van der Waals surface area contributed by atoms with E-state index in [2.05, 4.69) is 5.32 Å². The summed E-state index contributed by atoms with van der Waals surface area (Å²) in [5.41, 5.74) is 7.57. The van der Waals surface area contributed by atoms with Crippen LogP contribution in [0.1, 0.15) is 25.3 Å². The molecule has 0 unspecified atom stereocenters. The summed E-state index contributed by atoms with van der Waals surface area (Å²) in [6, 6.07) is 6.35. The summed E-state index contributed by atoms with van der Waals surface area (Å²) in [5.74, 6) is 0. The quantitative estimate of drug-likeness (QED) is 0.794. The number of ether oxygens (including phenoxy) is 1. The lowest BCUT2D eigenvalue weighted by molar-refractivity contribution is -0.0102. The number of nitrogen functional groups attached to an aromatic ring is 1. The maximum atomic E-state index is 5.87. The number of rotatable bonds is 5. The Hall–Kier alpha value is -0.770. The van der Waals surface area contributed by atoms with Gasteiger partial charge in [0.25, 0.3) is 0 Å². The van der Waals surface area contributed by atoms with Crippen molar-refractivity contribution in [3.8, 4) is 0 Å². The SMILES string of the molecule is CCOC1CC(NCc2ccc(Cl)c(N)c2)C1. The summed E-state index contributed by atoms with van der Waals surface area (Å²) in [6.45, 7) is 3.69. The standard InChI is InChI=1S/C13H19ClN2O/c1-2-17-11-6-10(7-11)16-8-9-3-4-12(14)13(15)5-9/h3-5,10-11,16H,2,6-8,15H2,1H3. The Kier molecular flexibility index (Phi) is 4.26. The van der Waals surface area contributed by atoms with E-state index in [9.17, 15) is 0 Å². The molecule has 0 heterocycles. The number of hydrogen-bond donors (Lipinski definition) is 2. The normalized spacial score (nSPS) is 23.4. The van der Waals surface area contributed by atoms with Crippen LogP contribution in [0.3, 0.4) is 0 Å². The molecule has 1 fully saturated rings. The first-order valence-corrected chi connectivity index (χ1v) is 6.45. The van der Waals surface area contributed by atoms with Crippen molar-refractivity contribution < 1.29 is 4.74 Å². The van der Waals surface area contributed by atoms with Gasteiger partial charge in [0.2, 0.25) is 0 Å². The van der Waals surface area contributed by atoms with Gasteiger partial charge in [-0.15, -0.1) is 0 Å². The van der Waals surface area contributed by atoms with Crippen molar-refractivity contribution in [1.29, 1.82) is 0 Å². The highest BCUT2D eigenvalue weighted by molar-refractivity contribution is 6.33. The van der Waals surface area contributed by atoms with Gasteiger partial charge in [-0.05, 0) is 37.5 Å². The summed E-state index contributed by atoms with van der Waals surface area (Å²) >= 11 is 5.87. The third-order valence-electron chi connectivity index (χ3n) is 3.15. The van der Waals surface area contributed by atoms with Crippen LogP contribution >= 0.6 is 11.6 Å². The Balaban J connectivity index is 1.74. The molecule has 3 N–H and O–H groups in total. The molecule has 1 aliphatic rings. The average Bonchev–Trinajstić information content (AvgIpc) is 2.26. The fourth-order valence-electron chi connectivity index (χ4n) is 2.07. The zero-order chi connectivity index (χ0) is 12.3. The first kappa shape index (κ1) is 12.7. The third kappa shape index (κ3) is 3.35. The van der Waals surface area contributed by atoms with Gasteiger partial charge in [0.05, 0.1) is 16.8 Å². The zero-order valence-corrected chi connectivity index (χ0v) is 10.8. The minimum Gasteiger partial charge on any atom is -0.398 e. The summed E-state index contributed by atoms with van der Waals surface area (Å²) < 4.78 is 5.52. The highest BCUT2D eigenvalue weighted by Crippen LogP contribution is 2.24. The van der Waals surface area contributed by atoms with Crippen LogP contribution in [0.5, 0.6) is 0 Å². The summed E-state index contributed by atoms with van der Waals surface area (Å²) in [4.78, 5) is 0. The maximum absolute atomic E-state index is 5.87. The van der Waals surface area contributed by atoms with E-state index >= 15 is 0 Å². The van der Waals surface area contributed by atoms with E-state index in [4.69, 9.17) is 22.1 Å². The number of nitrogens with two attached hydrogens (primary N) is 1. The van der Waals surface area contributed by atoms with Gasteiger partial charge in [-0.3, -0.25) is 0 Å². The Morgan fingerprint density at radius 3 is 2.88 bits per heavy atom. The fraction of sp³-hybridized carbons (Fsp3) is 0.538. The van der Waals surface area contributed by atoms with Gasteiger partial charge in [-0.25, -0.2) is 0 Å². The summed E-state index contributed by atoms with van der Waals surface area (Å²) in [7, 11) is 0. The van der Waals surface area contributed by atoms with Gasteiger partial charge in [0.15, 0.2) is 0 Å². The molecular weight excluding hydrogens is 236 g/mol. The lowest BCUT2D eigenvalue weighted by Crippen LogP contribution is -2.45. The molecule has 94 valence electrons. The van der Waals surface area contributed by atoms with Crippen LogP contribution in [-0.2, 0) is 11.3 Å². The number of hydrogen-bond acceptors (Lipinski definition) is 3. The number of halogens is 1. The fourth-order valence-corrected chi connectivity index (χ4v) is 2.19. The van der Waals surface area contributed by atoms with Gasteiger partial charge in [-0.2, -0.15) is 0 Å². The molecule has 0 spiro atoms. The molecule has 0 amide bonds. The average molecular weight is 255 g/mol. The second-order valence-corrected chi connectivity index (χ2v) is 4.89. The van der Waals surface area contributed by atoms with Crippen LogP contribution < -0.4 is 11.1 Å². The summed E-state index contributed by atoms with van der Waals surface area (Å²) in [6.07, 6.45) is 2.67. The molecule has 4 heteroatoms. The lowest BCUT2D eigenvalue weighted by Gasteiger charge is -2.35. The van der Waals surface area contributed by atoms with E-state index in [0.717, 1.165) is 26.0 Å². The molecule has 0 bridgehead atoms. The topological polar surface area (TPSA) is 47.3 Å². The lowest BCUT2D eigenvalue weighted by atomic mass is 9.89. The molecule has 1 saturated carbocycles. The predicted molar refractivity (Wildman–Crippen MR) is 71.1 cm³/mol. The van der Waals surface area contributed by atoms with E-state index < -0.39 is 0 Å². The van der Waals surface area contributed by atoms with Crippen LogP contribution in [0.25, 0.3) is 0 Å². The van der Waals surface area contributed by atoms with Gasteiger partial charge in [0.1, 0.15) is 0 Å². The maximum Gasteiger partial charge on any atom is 0.0635 e. The Bertz CT molecular complexity index is 378. The molecule has 3 nitrogen and oxygen atoms in total. The van der Waals surface area contributed by atoms with Gasteiger partial charge >= 0.3 is 0 Å². The molecular formula is C13H19ClN2O. The predicted octanol–water partition coefficient (Wildman–Crippen LogP) is 2.58. The van der Waals surface area contributed by atoms with Crippen LogP contribution in [0, 0.1) is 0 Å².